The maximum Gasteiger partial charge on any atom is 0.245 e. The van der Waals surface area contributed by atoms with Crippen molar-refractivity contribution < 1.29 is 87.5 Å². The number of primary amides is 1. The van der Waals surface area contributed by atoms with Crippen molar-refractivity contribution in [1.82, 2.24) is 73.3 Å². The molecule has 6 aromatic rings. The van der Waals surface area contributed by atoms with Gasteiger partial charge in [-0.05, 0) is 114 Å². The van der Waals surface area contributed by atoms with Crippen LogP contribution in [-0.4, -0.2) is 229 Å². The summed E-state index contributed by atoms with van der Waals surface area (Å²) in [6.07, 6.45) is 0.834. The Kier molecular flexibility index (Phi) is 33.1. The van der Waals surface area contributed by atoms with Gasteiger partial charge in [-0.2, -0.15) is 0 Å². The number of thioether (sulfide) groups is 1. The number of phenolic OH excluding ortho intramolecular Hbond substituents is 3. The minimum absolute atomic E-state index is 0.0169. The van der Waals surface area contributed by atoms with E-state index in [4.69, 9.17) is 5.73 Å². The molecule has 2 aliphatic rings. The lowest BCUT2D eigenvalue weighted by Gasteiger charge is -2.33. The van der Waals surface area contributed by atoms with Gasteiger partial charge in [-0.1, -0.05) is 126 Å². The summed E-state index contributed by atoms with van der Waals surface area (Å²) in [7, 11) is 1.32. The molecule has 18 N–H and O–H groups in total. The number of aromatic hydroxyl groups is 3. The summed E-state index contributed by atoms with van der Waals surface area (Å²) in [5, 5.41) is 71.2. The summed E-state index contributed by atoms with van der Waals surface area (Å²) in [6.45, 7) is 7.76. The molecule has 2 fully saturated rings. The van der Waals surface area contributed by atoms with Gasteiger partial charge < -0.3 is 99.4 Å². The van der Waals surface area contributed by atoms with Crippen LogP contribution in [-0.2, 0) is 99.2 Å². The normalized spacial score (nSPS) is 23.1. The minimum atomic E-state index is -1.81. The standard InChI is InChI=1S/C82H105N15O18S/c1-45(2)32-58-74(107)94-65(73(106)85-40-68(83)102)43-116-44-70(104)97-31-13-18-66(97)79(112)90-60(34-49-19-25-53(99)26-20-49)75(108)88-59(33-46(3)4)78(111)95-71(47(5)6)81(114)91-61(35-50-21-27-54(100)28-22-50)76(109)93-64(42-98)72(105)86-41-69(103)87-62(38-52-39-84-57-17-12-11-16-56(52)57)77(110)92-63(36-51-23-29-55(101)30-24-51)82(115)96(7)67(80(113)89-58)37-48-14-9-8-10-15-48/h8-12,14-17,19-30,39,45-47,58-67,71,84,98-101H,13,18,31-38,40-44H2,1-7H3,(H2,83,102)(H,85,106)(H,86,105)(H,87,103)(H,88,108)(H,89,113)(H,90,112)(H,91,114)(H,92,110)(H,93,109)(H,94,107)(H,95,111)/t58-,59-,60-,61-,62-,63-,64-,65-,66-,67-,71-/m0/s1. The number of hydrogen-bond acceptors (Lipinski definition) is 19. The van der Waals surface area contributed by atoms with Crippen LogP contribution in [0.15, 0.2) is 134 Å². The number of H-pyrrole nitrogens is 1. The van der Waals surface area contributed by atoms with Gasteiger partial charge in [0.05, 0.1) is 25.4 Å². The number of para-hydroxylation sites is 1. The minimum Gasteiger partial charge on any atom is -0.508 e. The van der Waals surface area contributed by atoms with Crippen molar-refractivity contribution in [3.8, 4) is 17.2 Å². The van der Waals surface area contributed by atoms with Gasteiger partial charge in [-0.25, -0.2) is 0 Å². The van der Waals surface area contributed by atoms with Crippen molar-refractivity contribution in [1.29, 1.82) is 0 Å². The van der Waals surface area contributed by atoms with E-state index in [0.29, 0.717) is 45.1 Å². The molecule has 33 nitrogen and oxygen atoms in total. The van der Waals surface area contributed by atoms with Crippen molar-refractivity contribution >= 4 is 105 Å². The molecular formula is C82H105N15O18S. The number of nitrogens with zero attached hydrogens (tertiary/aromatic N) is 2. The molecule has 116 heavy (non-hydrogen) atoms. The third-order valence-electron chi connectivity index (χ3n) is 19.8. The van der Waals surface area contributed by atoms with E-state index < -0.39 is 175 Å². The van der Waals surface area contributed by atoms with Crippen LogP contribution in [0.1, 0.15) is 95.0 Å². The Labute approximate surface area is 675 Å². The summed E-state index contributed by atoms with van der Waals surface area (Å²) in [5.74, 6) is -14.9. The molecule has 8 rings (SSSR count). The molecule has 622 valence electrons. The molecule has 2 aliphatic heterocycles. The first-order valence-corrected chi connectivity index (χ1v) is 39.6. The van der Waals surface area contributed by atoms with Crippen LogP contribution >= 0.6 is 11.8 Å². The molecule has 1 aromatic heterocycles. The highest BCUT2D eigenvalue weighted by Crippen LogP contribution is 2.25. The Morgan fingerprint density at radius 2 is 0.991 bits per heavy atom. The van der Waals surface area contributed by atoms with Gasteiger partial charge >= 0.3 is 0 Å². The van der Waals surface area contributed by atoms with Crippen molar-refractivity contribution in [2.45, 2.75) is 166 Å². The molecular weight excluding hydrogens is 1520 g/mol. The SMILES string of the molecule is CC(C)C[C@@H]1NC(=O)[C@H](Cc2ccc(O)cc2)NC(=O)[C@@H]2CCCN2C(=O)CSC[C@@H](C(=O)NCC(N)=O)NC(=O)[C@H](CC(C)C)NC(=O)[C@H](Cc2ccccc2)N(C)C(=O)[C@H](Cc2ccc(O)cc2)NC(=O)[C@H](Cc2c[nH]c3ccccc23)NC(=O)CNC(=O)[C@H](CO)NC(=O)[C@H](Cc2ccc(O)cc2)NC(=O)[C@H](C(C)C)NC1=O. The maximum atomic E-state index is 15.6. The number of carbonyl (C=O) groups excluding carboxylic acids is 14. The number of aromatic nitrogens is 1. The Morgan fingerprint density at radius 1 is 0.517 bits per heavy atom. The highest BCUT2D eigenvalue weighted by Gasteiger charge is 2.41. The molecule has 2 saturated heterocycles. The zero-order valence-corrected chi connectivity index (χ0v) is 66.6. The quantitative estimate of drug-likeness (QED) is 0.0514. The van der Waals surface area contributed by atoms with Crippen LogP contribution in [0, 0.1) is 17.8 Å². The molecule has 11 atom stereocenters. The molecule has 14 amide bonds. The van der Waals surface area contributed by atoms with Crippen molar-refractivity contribution in [3.63, 3.8) is 0 Å². The fraction of sp³-hybridized carbons (Fsp3) is 0.439. The second-order valence-corrected chi connectivity index (χ2v) is 31.2. The lowest BCUT2D eigenvalue weighted by atomic mass is 9.98. The molecule has 0 radical (unpaired) electrons. The van der Waals surface area contributed by atoms with Gasteiger partial charge in [0.1, 0.15) is 83.7 Å². The third kappa shape index (κ3) is 26.5. The van der Waals surface area contributed by atoms with E-state index in [0.717, 1.165) is 16.7 Å². The average molecular weight is 1620 g/mol. The molecule has 3 heterocycles. The predicted octanol–water partition coefficient (Wildman–Crippen LogP) is 0.184. The number of fused-ring (bicyclic) bond motifs is 2. The predicted molar refractivity (Wildman–Crippen MR) is 430 cm³/mol. The van der Waals surface area contributed by atoms with Gasteiger partial charge in [-0.15, -0.1) is 11.8 Å². The van der Waals surface area contributed by atoms with E-state index >= 15 is 14.4 Å². The number of nitrogens with one attached hydrogen (secondary N) is 12. The van der Waals surface area contributed by atoms with Crippen LogP contribution in [0.2, 0.25) is 0 Å². The number of hydrogen-bond donors (Lipinski definition) is 17. The van der Waals surface area contributed by atoms with Crippen LogP contribution in [0.3, 0.4) is 0 Å². The number of aliphatic hydroxyl groups excluding tert-OH is 1. The van der Waals surface area contributed by atoms with Crippen molar-refractivity contribution in [2.24, 2.45) is 23.5 Å². The highest BCUT2D eigenvalue weighted by molar-refractivity contribution is 8.00. The number of amides is 14. The largest absolute Gasteiger partial charge is 0.508 e. The molecule has 5 aromatic carbocycles. The molecule has 34 heteroatoms. The van der Waals surface area contributed by atoms with Crippen molar-refractivity contribution in [3.05, 3.63) is 161 Å². The molecule has 0 bridgehead atoms. The summed E-state index contributed by atoms with van der Waals surface area (Å²) in [5.41, 5.74) is 8.42. The first-order chi connectivity index (χ1) is 55.2. The van der Waals surface area contributed by atoms with Crippen LogP contribution in [0.25, 0.3) is 10.9 Å². The van der Waals surface area contributed by atoms with Crippen LogP contribution in [0.5, 0.6) is 17.2 Å². The number of carbonyl (C=O) groups is 14. The number of benzene rings is 5. The number of phenols is 3. The smallest absolute Gasteiger partial charge is 0.245 e. The lowest BCUT2D eigenvalue weighted by Crippen LogP contribution is -2.61. The number of likely N-dealkylation sites (N-methyl/N-ethyl adjacent to an activating group) is 1. The van der Waals surface area contributed by atoms with Gasteiger partial charge in [0.2, 0.25) is 82.7 Å². The van der Waals surface area contributed by atoms with Gasteiger partial charge in [0.15, 0.2) is 0 Å². The van der Waals surface area contributed by atoms with Gasteiger partial charge in [-0.3, -0.25) is 67.1 Å². The second-order valence-electron chi connectivity index (χ2n) is 30.2. The highest BCUT2D eigenvalue weighted by atomic mass is 32.2. The Morgan fingerprint density at radius 3 is 1.53 bits per heavy atom. The zero-order valence-electron chi connectivity index (χ0n) is 65.8. The van der Waals surface area contributed by atoms with E-state index in [1.54, 1.807) is 102 Å². The maximum absolute atomic E-state index is 15.6. The number of rotatable bonds is 19. The number of aromatic amines is 1. The first kappa shape index (κ1) is 89.5. The monoisotopic (exact) mass is 1620 g/mol. The van der Waals surface area contributed by atoms with Gasteiger partial charge in [0, 0.05) is 68.5 Å². The van der Waals surface area contributed by atoms with E-state index in [2.05, 4.69) is 63.5 Å². The van der Waals surface area contributed by atoms with E-state index in [1.165, 1.54) is 84.7 Å². The van der Waals surface area contributed by atoms with Crippen molar-refractivity contribution in [2.75, 3.05) is 44.8 Å². The first-order valence-electron chi connectivity index (χ1n) is 38.5. The average Bonchev–Trinajstić information content (AvgIpc) is 1.39. The third-order valence-corrected chi connectivity index (χ3v) is 20.8. The molecule has 0 saturated carbocycles. The molecule has 0 unspecified atom stereocenters. The van der Waals surface area contributed by atoms with E-state index in [-0.39, 0.29) is 98.5 Å². The Hall–Kier alpha value is -12.1. The topological polar surface area (TPSA) is 501 Å². The molecule has 0 spiro atoms. The number of nitrogens with two attached hydrogens (primary N) is 1. The van der Waals surface area contributed by atoms with Gasteiger partial charge in [0.25, 0.3) is 0 Å². The summed E-state index contributed by atoms with van der Waals surface area (Å²) in [6, 6.07) is 16.4. The molecule has 0 aliphatic carbocycles. The Balaban J connectivity index is 1.17. The fourth-order valence-corrected chi connectivity index (χ4v) is 14.5. The fourth-order valence-electron chi connectivity index (χ4n) is 13.6. The van der Waals surface area contributed by atoms with Crippen LogP contribution in [0.4, 0.5) is 0 Å². The Bertz CT molecular complexity index is 4450. The second kappa shape index (κ2) is 42.9. The number of aliphatic hydroxyl groups is 1. The van der Waals surface area contributed by atoms with E-state index in [9.17, 15) is 73.2 Å². The summed E-state index contributed by atoms with van der Waals surface area (Å²) >= 11 is 0.888. The zero-order chi connectivity index (χ0) is 84.4. The lowest BCUT2D eigenvalue weighted by molar-refractivity contribution is -0.143. The van der Waals surface area contributed by atoms with Crippen LogP contribution < -0.4 is 64.2 Å². The van der Waals surface area contributed by atoms with E-state index in [1.807, 2.05) is 0 Å². The summed E-state index contributed by atoms with van der Waals surface area (Å²) < 4.78 is 0. The summed E-state index contributed by atoms with van der Waals surface area (Å²) in [4.78, 5) is 209.